The van der Waals surface area contributed by atoms with Gasteiger partial charge in [0.2, 0.25) is 0 Å². The summed E-state index contributed by atoms with van der Waals surface area (Å²) in [7, 11) is 1.67. The molecule has 3 aromatic carbocycles. The van der Waals surface area contributed by atoms with E-state index in [1.807, 2.05) is 42.5 Å². The normalized spacial score (nSPS) is 15.9. The van der Waals surface area contributed by atoms with Gasteiger partial charge in [-0.25, -0.2) is 0 Å². The first-order valence-corrected chi connectivity index (χ1v) is 11.6. The van der Waals surface area contributed by atoms with Gasteiger partial charge >= 0.3 is 0 Å². The van der Waals surface area contributed by atoms with Crippen molar-refractivity contribution in [1.29, 1.82) is 0 Å². The summed E-state index contributed by atoms with van der Waals surface area (Å²) < 4.78 is 11.7. The summed E-state index contributed by atoms with van der Waals surface area (Å²) in [6.07, 6.45) is 0.856. The average molecular weight is 451 g/mol. The van der Waals surface area contributed by atoms with Crippen LogP contribution in [-0.4, -0.2) is 49.6 Å². The van der Waals surface area contributed by atoms with Crippen molar-refractivity contribution < 1.29 is 9.47 Å². The number of hydrogen-bond donors (Lipinski definition) is 0. The van der Waals surface area contributed by atoms with Crippen molar-refractivity contribution in [2.24, 2.45) is 0 Å². The summed E-state index contributed by atoms with van der Waals surface area (Å²) in [6, 6.07) is 26.5. The van der Waals surface area contributed by atoms with E-state index in [0.29, 0.717) is 0 Å². The second-order valence-corrected chi connectivity index (χ2v) is 8.67. The van der Waals surface area contributed by atoms with Gasteiger partial charge in [0.1, 0.15) is 17.6 Å². The SMILES string of the molecule is COc1ccc(O[C@H](CCN2CCN(Cc3ccccc3)CC2)c2cccc(Cl)c2)cc1. The first-order chi connectivity index (χ1) is 15.7. The molecule has 1 aliphatic rings. The monoisotopic (exact) mass is 450 g/mol. The van der Waals surface area contributed by atoms with Gasteiger partial charge in [-0.3, -0.25) is 4.90 Å². The molecule has 4 rings (SSSR count). The summed E-state index contributed by atoms with van der Waals surface area (Å²) in [6.45, 7) is 6.37. The molecular weight excluding hydrogens is 420 g/mol. The predicted octanol–water partition coefficient (Wildman–Crippen LogP) is 5.68. The molecule has 1 saturated heterocycles. The molecule has 0 aromatic heterocycles. The van der Waals surface area contributed by atoms with E-state index in [1.165, 1.54) is 5.56 Å². The molecule has 1 fully saturated rings. The Labute approximate surface area is 196 Å². The number of halogens is 1. The standard InChI is InChI=1S/C27H31ClN2O2/c1-31-25-10-12-26(13-11-25)32-27(23-8-5-9-24(28)20-23)14-15-29-16-18-30(19-17-29)21-22-6-3-2-4-7-22/h2-13,20,27H,14-19,21H2,1H3/t27-/m1/s1. The first kappa shape index (κ1) is 22.7. The predicted molar refractivity (Wildman–Crippen MR) is 131 cm³/mol. The van der Waals surface area contributed by atoms with Crippen molar-refractivity contribution in [2.75, 3.05) is 39.8 Å². The lowest BCUT2D eigenvalue weighted by Gasteiger charge is -2.35. The molecule has 0 amide bonds. The Morgan fingerprint density at radius 2 is 1.50 bits per heavy atom. The molecule has 0 unspecified atom stereocenters. The van der Waals surface area contributed by atoms with Crippen LogP contribution in [0.1, 0.15) is 23.7 Å². The van der Waals surface area contributed by atoms with Crippen molar-refractivity contribution in [3.8, 4) is 11.5 Å². The molecule has 3 aromatic rings. The molecule has 1 aliphatic heterocycles. The van der Waals surface area contributed by atoms with Crippen LogP contribution in [0.4, 0.5) is 0 Å². The molecule has 0 N–H and O–H groups in total. The Morgan fingerprint density at radius 3 is 2.19 bits per heavy atom. The summed E-state index contributed by atoms with van der Waals surface area (Å²) in [4.78, 5) is 5.07. The fourth-order valence-electron chi connectivity index (χ4n) is 4.13. The Morgan fingerprint density at radius 1 is 0.812 bits per heavy atom. The third-order valence-corrected chi connectivity index (χ3v) is 6.21. The molecule has 0 bridgehead atoms. The molecule has 0 spiro atoms. The maximum Gasteiger partial charge on any atom is 0.125 e. The van der Waals surface area contributed by atoms with Gasteiger partial charge in [0.15, 0.2) is 0 Å². The van der Waals surface area contributed by atoms with Crippen LogP contribution in [0, 0.1) is 0 Å². The largest absolute Gasteiger partial charge is 0.497 e. The molecule has 0 saturated carbocycles. The Bertz CT molecular complexity index is 957. The fourth-order valence-corrected chi connectivity index (χ4v) is 4.33. The Kier molecular flexibility index (Phi) is 8.05. The topological polar surface area (TPSA) is 24.9 Å². The van der Waals surface area contributed by atoms with Crippen LogP contribution in [0.3, 0.4) is 0 Å². The highest BCUT2D eigenvalue weighted by Gasteiger charge is 2.20. The second kappa shape index (κ2) is 11.4. The van der Waals surface area contributed by atoms with Gasteiger partial charge < -0.3 is 14.4 Å². The smallest absolute Gasteiger partial charge is 0.125 e. The lowest BCUT2D eigenvalue weighted by molar-refractivity contribution is 0.107. The number of ether oxygens (including phenoxy) is 2. The minimum atomic E-state index is -0.0514. The zero-order valence-electron chi connectivity index (χ0n) is 18.6. The van der Waals surface area contributed by atoms with Gasteiger partial charge in [-0.1, -0.05) is 54.1 Å². The van der Waals surface area contributed by atoms with Gasteiger partial charge in [-0.15, -0.1) is 0 Å². The molecule has 1 atom stereocenters. The molecule has 0 aliphatic carbocycles. The van der Waals surface area contributed by atoms with Crippen LogP contribution < -0.4 is 9.47 Å². The van der Waals surface area contributed by atoms with Crippen LogP contribution in [0.15, 0.2) is 78.9 Å². The van der Waals surface area contributed by atoms with Crippen molar-refractivity contribution in [3.05, 3.63) is 95.0 Å². The Balaban J connectivity index is 1.34. The molecule has 5 heteroatoms. The third kappa shape index (κ3) is 6.49. The van der Waals surface area contributed by atoms with Crippen LogP contribution >= 0.6 is 11.6 Å². The molecule has 4 nitrogen and oxygen atoms in total. The number of methoxy groups -OCH3 is 1. The van der Waals surface area contributed by atoms with Crippen LogP contribution in [-0.2, 0) is 6.54 Å². The average Bonchev–Trinajstić information content (AvgIpc) is 2.84. The van der Waals surface area contributed by atoms with E-state index >= 15 is 0 Å². The highest BCUT2D eigenvalue weighted by Crippen LogP contribution is 2.28. The van der Waals surface area contributed by atoms with E-state index in [0.717, 1.165) is 67.8 Å². The number of rotatable bonds is 9. The van der Waals surface area contributed by atoms with E-state index in [-0.39, 0.29) is 6.10 Å². The van der Waals surface area contributed by atoms with E-state index in [4.69, 9.17) is 21.1 Å². The van der Waals surface area contributed by atoms with Gasteiger partial charge in [-0.2, -0.15) is 0 Å². The zero-order chi connectivity index (χ0) is 22.2. The van der Waals surface area contributed by atoms with E-state index in [1.54, 1.807) is 7.11 Å². The summed E-state index contributed by atoms with van der Waals surface area (Å²) in [5.41, 5.74) is 2.49. The number of nitrogens with zero attached hydrogens (tertiary/aromatic N) is 2. The van der Waals surface area contributed by atoms with Gasteiger partial charge in [0.25, 0.3) is 0 Å². The lowest BCUT2D eigenvalue weighted by Crippen LogP contribution is -2.46. The zero-order valence-corrected chi connectivity index (χ0v) is 19.4. The van der Waals surface area contributed by atoms with Crippen LogP contribution in [0.25, 0.3) is 0 Å². The van der Waals surface area contributed by atoms with E-state index in [2.05, 4.69) is 46.2 Å². The van der Waals surface area contributed by atoms with Crippen molar-refractivity contribution in [2.45, 2.75) is 19.1 Å². The number of piperazine rings is 1. The van der Waals surface area contributed by atoms with Crippen molar-refractivity contribution >= 4 is 11.6 Å². The molecule has 1 heterocycles. The molecular formula is C27H31ClN2O2. The summed E-state index contributed by atoms with van der Waals surface area (Å²) >= 11 is 6.27. The minimum absolute atomic E-state index is 0.0514. The van der Waals surface area contributed by atoms with Gasteiger partial charge in [0, 0.05) is 50.7 Å². The quantitative estimate of drug-likeness (QED) is 0.419. The fraction of sp³-hybridized carbons (Fsp3) is 0.333. The highest BCUT2D eigenvalue weighted by molar-refractivity contribution is 6.30. The van der Waals surface area contributed by atoms with Crippen LogP contribution in [0.2, 0.25) is 5.02 Å². The van der Waals surface area contributed by atoms with Gasteiger partial charge in [-0.05, 0) is 47.5 Å². The number of hydrogen-bond acceptors (Lipinski definition) is 4. The van der Waals surface area contributed by atoms with Crippen LogP contribution in [0.5, 0.6) is 11.5 Å². The maximum atomic E-state index is 6.39. The summed E-state index contributed by atoms with van der Waals surface area (Å²) in [5.74, 6) is 1.66. The number of benzene rings is 3. The van der Waals surface area contributed by atoms with E-state index < -0.39 is 0 Å². The third-order valence-electron chi connectivity index (χ3n) is 5.98. The highest BCUT2D eigenvalue weighted by atomic mass is 35.5. The first-order valence-electron chi connectivity index (χ1n) is 11.2. The van der Waals surface area contributed by atoms with Gasteiger partial charge in [0.05, 0.1) is 7.11 Å². The maximum absolute atomic E-state index is 6.39. The Hall–Kier alpha value is -2.53. The van der Waals surface area contributed by atoms with E-state index in [9.17, 15) is 0 Å². The molecule has 168 valence electrons. The lowest BCUT2D eigenvalue weighted by atomic mass is 10.1. The van der Waals surface area contributed by atoms with Crippen molar-refractivity contribution in [3.63, 3.8) is 0 Å². The molecule has 32 heavy (non-hydrogen) atoms. The minimum Gasteiger partial charge on any atom is -0.497 e. The van der Waals surface area contributed by atoms with Crippen molar-refractivity contribution in [1.82, 2.24) is 9.80 Å². The molecule has 0 radical (unpaired) electrons. The summed E-state index contributed by atoms with van der Waals surface area (Å²) in [5, 5.41) is 0.736. The second-order valence-electron chi connectivity index (χ2n) is 8.23.